The van der Waals surface area contributed by atoms with Crippen LogP contribution in [0.25, 0.3) is 0 Å². The highest BCUT2D eigenvalue weighted by Gasteiger charge is 2.18. The summed E-state index contributed by atoms with van der Waals surface area (Å²) in [6.07, 6.45) is 1.99. The number of nitrogens with one attached hydrogen (secondary N) is 1. The molecular weight excluding hydrogens is 384 g/mol. The number of carboxylic acids is 1. The number of carboxylic acid groups (broad SMARTS) is 1. The lowest BCUT2D eigenvalue weighted by atomic mass is 10.1. The van der Waals surface area contributed by atoms with Crippen LogP contribution in [-0.2, 0) is 6.54 Å². The van der Waals surface area contributed by atoms with E-state index in [2.05, 4.69) is 23.2 Å². The van der Waals surface area contributed by atoms with Gasteiger partial charge in [-0.2, -0.15) is 0 Å². The Labute approximate surface area is 174 Å². The third-order valence-corrected chi connectivity index (χ3v) is 5.43. The van der Waals surface area contributed by atoms with E-state index in [0.717, 1.165) is 19.4 Å². The second kappa shape index (κ2) is 9.89. The lowest BCUT2D eigenvalue weighted by Crippen LogP contribution is -2.25. The van der Waals surface area contributed by atoms with Crippen molar-refractivity contribution in [2.24, 2.45) is 0 Å². The van der Waals surface area contributed by atoms with Gasteiger partial charge in [-0.1, -0.05) is 37.6 Å². The number of aromatic carboxylic acids is 1. The van der Waals surface area contributed by atoms with Gasteiger partial charge in [-0.05, 0) is 48.2 Å². The van der Waals surface area contributed by atoms with Gasteiger partial charge in [0.2, 0.25) is 0 Å². The summed E-state index contributed by atoms with van der Waals surface area (Å²) < 4.78 is 0. The van der Waals surface area contributed by atoms with Crippen LogP contribution in [0.5, 0.6) is 0 Å². The first-order valence-electron chi connectivity index (χ1n) is 9.59. The Morgan fingerprint density at radius 3 is 2.52 bits per heavy atom. The van der Waals surface area contributed by atoms with Crippen molar-refractivity contribution in [1.82, 2.24) is 0 Å². The number of hydrogen-bond acceptors (Lipinski definition) is 4. The largest absolute Gasteiger partial charge is 0.478 e. The van der Waals surface area contributed by atoms with Crippen LogP contribution in [0.1, 0.15) is 45.4 Å². The minimum Gasteiger partial charge on any atom is -0.478 e. The van der Waals surface area contributed by atoms with E-state index in [1.807, 2.05) is 17.5 Å². The lowest BCUT2D eigenvalue weighted by Gasteiger charge is -2.26. The first-order chi connectivity index (χ1) is 14.1. The van der Waals surface area contributed by atoms with Crippen molar-refractivity contribution >= 4 is 34.6 Å². The normalized spacial score (nSPS) is 10.5. The van der Waals surface area contributed by atoms with Gasteiger partial charge in [-0.25, -0.2) is 4.79 Å². The van der Waals surface area contributed by atoms with Crippen LogP contribution < -0.4 is 10.2 Å². The highest BCUT2D eigenvalue weighted by Crippen LogP contribution is 2.28. The van der Waals surface area contributed by atoms with E-state index >= 15 is 0 Å². The molecule has 1 heterocycles. The van der Waals surface area contributed by atoms with E-state index in [0.29, 0.717) is 23.5 Å². The molecule has 0 fully saturated rings. The summed E-state index contributed by atoms with van der Waals surface area (Å²) in [6, 6.07) is 18.0. The second-order valence-electron chi connectivity index (χ2n) is 6.71. The molecule has 0 radical (unpaired) electrons. The highest BCUT2D eigenvalue weighted by molar-refractivity contribution is 7.09. The molecule has 0 spiro atoms. The molecule has 0 bridgehead atoms. The molecule has 5 nitrogen and oxygen atoms in total. The first-order valence-corrected chi connectivity index (χ1v) is 10.5. The minimum absolute atomic E-state index is 0.184. The predicted molar refractivity (Wildman–Crippen MR) is 118 cm³/mol. The van der Waals surface area contributed by atoms with Gasteiger partial charge in [0.25, 0.3) is 5.91 Å². The van der Waals surface area contributed by atoms with Crippen LogP contribution in [-0.4, -0.2) is 23.5 Å². The number of thiophene rings is 1. The zero-order valence-electron chi connectivity index (χ0n) is 16.3. The topological polar surface area (TPSA) is 69.6 Å². The van der Waals surface area contributed by atoms with Gasteiger partial charge in [0.05, 0.1) is 17.8 Å². The quantitative estimate of drug-likeness (QED) is 0.490. The molecule has 0 aliphatic rings. The maximum absolute atomic E-state index is 12.4. The molecule has 0 atom stereocenters. The van der Waals surface area contributed by atoms with Crippen LogP contribution in [0.2, 0.25) is 0 Å². The number of amides is 1. The fourth-order valence-electron chi connectivity index (χ4n) is 3.08. The molecule has 0 saturated carbocycles. The molecule has 2 N–H and O–H groups in total. The molecule has 6 heteroatoms. The molecule has 3 rings (SSSR count). The Morgan fingerprint density at radius 1 is 1.07 bits per heavy atom. The zero-order chi connectivity index (χ0) is 20.6. The van der Waals surface area contributed by atoms with Gasteiger partial charge in [0.15, 0.2) is 0 Å². The predicted octanol–water partition coefficient (Wildman–Crippen LogP) is 5.51. The number of carbonyl (C=O) groups is 2. The summed E-state index contributed by atoms with van der Waals surface area (Å²) in [7, 11) is 0. The molecule has 2 aromatic carbocycles. The van der Waals surface area contributed by atoms with E-state index in [4.69, 9.17) is 0 Å². The summed E-state index contributed by atoms with van der Waals surface area (Å²) in [5.41, 5.74) is 1.84. The van der Waals surface area contributed by atoms with Crippen molar-refractivity contribution < 1.29 is 14.7 Å². The molecule has 1 aromatic heterocycles. The van der Waals surface area contributed by atoms with Crippen LogP contribution in [0, 0.1) is 0 Å². The molecule has 0 unspecified atom stereocenters. The third-order valence-electron chi connectivity index (χ3n) is 4.57. The molecule has 29 heavy (non-hydrogen) atoms. The summed E-state index contributed by atoms with van der Waals surface area (Å²) in [5.74, 6) is -1.28. The van der Waals surface area contributed by atoms with Crippen molar-refractivity contribution in [3.63, 3.8) is 0 Å². The number of benzene rings is 2. The summed E-state index contributed by atoms with van der Waals surface area (Å²) in [5, 5.41) is 14.6. The van der Waals surface area contributed by atoms with E-state index in [1.54, 1.807) is 47.7 Å². The third kappa shape index (κ3) is 5.45. The number of carbonyl (C=O) groups excluding carboxylic acids is 1. The lowest BCUT2D eigenvalue weighted by molar-refractivity contribution is 0.0697. The molecule has 0 saturated heterocycles. The zero-order valence-corrected chi connectivity index (χ0v) is 17.1. The summed E-state index contributed by atoms with van der Waals surface area (Å²) >= 11 is 1.66. The average Bonchev–Trinajstić information content (AvgIpc) is 3.25. The van der Waals surface area contributed by atoms with Gasteiger partial charge in [-0.15, -0.1) is 11.3 Å². The molecule has 0 aliphatic carbocycles. The minimum atomic E-state index is -1.01. The summed E-state index contributed by atoms with van der Waals surface area (Å²) in [6.45, 7) is 3.54. The number of hydrogen-bond donors (Lipinski definition) is 2. The van der Waals surface area contributed by atoms with Crippen molar-refractivity contribution in [1.29, 1.82) is 0 Å². The summed E-state index contributed by atoms with van der Waals surface area (Å²) in [4.78, 5) is 27.7. The maximum atomic E-state index is 12.4. The second-order valence-corrected chi connectivity index (χ2v) is 7.74. The van der Waals surface area contributed by atoms with Gasteiger partial charge < -0.3 is 15.3 Å². The SMILES string of the molecule is CCCCN(Cc1cccs1)c1ccc(NC(=O)c2ccccc2)cc1C(=O)O. The molecule has 0 aliphatic heterocycles. The fraction of sp³-hybridized carbons (Fsp3) is 0.217. The van der Waals surface area contributed by atoms with Crippen molar-refractivity contribution in [2.75, 3.05) is 16.8 Å². The molecule has 3 aromatic rings. The van der Waals surface area contributed by atoms with Gasteiger partial charge in [0.1, 0.15) is 0 Å². The van der Waals surface area contributed by atoms with E-state index in [9.17, 15) is 14.7 Å². The van der Waals surface area contributed by atoms with E-state index in [-0.39, 0.29) is 11.5 Å². The maximum Gasteiger partial charge on any atom is 0.337 e. The Kier molecular flexibility index (Phi) is 7.03. The molecular formula is C23H24N2O3S. The molecule has 150 valence electrons. The average molecular weight is 409 g/mol. The number of unbranched alkanes of at least 4 members (excludes halogenated alkanes) is 1. The number of rotatable bonds is 9. The van der Waals surface area contributed by atoms with E-state index in [1.165, 1.54) is 10.9 Å². The van der Waals surface area contributed by atoms with Crippen LogP contribution in [0.4, 0.5) is 11.4 Å². The van der Waals surface area contributed by atoms with Crippen molar-refractivity contribution in [2.45, 2.75) is 26.3 Å². The van der Waals surface area contributed by atoms with Gasteiger partial charge >= 0.3 is 5.97 Å². The fourth-order valence-corrected chi connectivity index (χ4v) is 3.80. The standard InChI is InChI=1S/C23H24N2O3S/c1-2-3-13-25(16-19-10-7-14-29-19)21-12-11-18(15-20(21)23(27)28)24-22(26)17-8-5-4-6-9-17/h4-12,14-15H,2-3,13,16H2,1H3,(H,24,26)(H,27,28). The Hall–Kier alpha value is -3.12. The van der Waals surface area contributed by atoms with Crippen LogP contribution in [0.15, 0.2) is 66.0 Å². The van der Waals surface area contributed by atoms with E-state index < -0.39 is 5.97 Å². The van der Waals surface area contributed by atoms with Gasteiger partial charge in [0, 0.05) is 22.7 Å². The smallest absolute Gasteiger partial charge is 0.337 e. The number of nitrogens with zero attached hydrogens (tertiary/aromatic N) is 1. The Bertz CT molecular complexity index is 956. The van der Waals surface area contributed by atoms with Crippen LogP contribution in [0.3, 0.4) is 0 Å². The molecule has 1 amide bonds. The van der Waals surface area contributed by atoms with Crippen molar-refractivity contribution in [3.05, 3.63) is 82.0 Å². The highest BCUT2D eigenvalue weighted by atomic mass is 32.1. The number of anilines is 2. The van der Waals surface area contributed by atoms with Gasteiger partial charge in [-0.3, -0.25) is 4.79 Å². The van der Waals surface area contributed by atoms with Crippen molar-refractivity contribution in [3.8, 4) is 0 Å². The Balaban J connectivity index is 1.87. The Morgan fingerprint density at radius 2 is 1.86 bits per heavy atom. The monoisotopic (exact) mass is 408 g/mol. The first kappa shape index (κ1) is 20.6. The van der Waals surface area contributed by atoms with Crippen LogP contribution >= 0.6 is 11.3 Å².